The van der Waals surface area contributed by atoms with Gasteiger partial charge in [-0.2, -0.15) is 5.10 Å². The van der Waals surface area contributed by atoms with Gasteiger partial charge in [0.25, 0.3) is 5.91 Å². The quantitative estimate of drug-likeness (QED) is 0.602. The maximum absolute atomic E-state index is 14.5. The molecule has 0 spiro atoms. The van der Waals surface area contributed by atoms with Gasteiger partial charge < -0.3 is 15.1 Å². The number of carbonyl (C=O) groups excluding carboxylic acids is 3. The van der Waals surface area contributed by atoms with Gasteiger partial charge in [-0.25, -0.2) is 4.39 Å². The molecule has 0 aliphatic carbocycles. The highest BCUT2D eigenvalue weighted by atomic mass is 35.5. The van der Waals surface area contributed by atoms with E-state index in [1.807, 2.05) is 13.2 Å². The van der Waals surface area contributed by atoms with E-state index in [-0.39, 0.29) is 41.4 Å². The van der Waals surface area contributed by atoms with Crippen molar-refractivity contribution in [2.75, 3.05) is 25.0 Å². The number of hydrogen-bond donors (Lipinski definition) is 1. The molecule has 3 heterocycles. The van der Waals surface area contributed by atoms with Crippen molar-refractivity contribution in [2.24, 2.45) is 7.05 Å². The van der Waals surface area contributed by atoms with Crippen molar-refractivity contribution in [1.82, 2.24) is 19.6 Å². The Morgan fingerprint density at radius 2 is 2.00 bits per heavy atom. The fourth-order valence-corrected chi connectivity index (χ4v) is 4.74. The third kappa shape index (κ3) is 4.51. The van der Waals surface area contributed by atoms with Gasteiger partial charge >= 0.3 is 0 Å². The summed E-state index contributed by atoms with van der Waals surface area (Å²) in [6, 6.07) is 8.38. The number of nitrogens with one attached hydrogen (secondary N) is 1. The van der Waals surface area contributed by atoms with Crippen LogP contribution >= 0.6 is 11.6 Å². The van der Waals surface area contributed by atoms with E-state index in [0.717, 1.165) is 5.56 Å². The molecule has 1 atom stereocenters. The number of benzene rings is 2. The number of piperazine rings is 1. The molecule has 2 aliphatic heterocycles. The average Bonchev–Trinajstić information content (AvgIpc) is 3.23. The fourth-order valence-electron chi connectivity index (χ4n) is 4.58. The van der Waals surface area contributed by atoms with Gasteiger partial charge in [-0.05, 0) is 47.9 Å². The third-order valence-electron chi connectivity index (χ3n) is 6.43. The van der Waals surface area contributed by atoms with E-state index in [0.29, 0.717) is 36.2 Å². The Labute approximate surface area is 206 Å². The number of hydrogen-bond acceptors (Lipinski definition) is 4. The predicted molar refractivity (Wildman–Crippen MR) is 128 cm³/mol. The summed E-state index contributed by atoms with van der Waals surface area (Å²) in [4.78, 5) is 42.4. The predicted octanol–water partition coefficient (Wildman–Crippen LogP) is 3.12. The highest BCUT2D eigenvalue weighted by Crippen LogP contribution is 2.32. The van der Waals surface area contributed by atoms with E-state index in [4.69, 9.17) is 11.6 Å². The maximum Gasteiger partial charge on any atom is 0.256 e. The molecule has 5 rings (SSSR count). The summed E-state index contributed by atoms with van der Waals surface area (Å²) in [7, 11) is 1.82. The van der Waals surface area contributed by atoms with Crippen molar-refractivity contribution in [3.05, 3.63) is 70.8 Å². The van der Waals surface area contributed by atoms with Crippen molar-refractivity contribution in [3.8, 4) is 11.1 Å². The monoisotopic (exact) mass is 495 g/mol. The maximum atomic E-state index is 14.5. The molecule has 0 bridgehead atoms. The molecule has 1 aromatic heterocycles. The molecule has 8 nitrogen and oxygen atoms in total. The Hall–Kier alpha value is -3.72. The second-order valence-corrected chi connectivity index (χ2v) is 9.19. The number of rotatable bonds is 4. The Morgan fingerprint density at radius 3 is 2.74 bits per heavy atom. The number of anilines is 1. The van der Waals surface area contributed by atoms with Gasteiger partial charge in [-0.15, -0.1) is 0 Å². The summed E-state index contributed by atoms with van der Waals surface area (Å²) in [5.41, 5.74) is 2.42. The second-order valence-electron chi connectivity index (χ2n) is 8.75. The van der Waals surface area contributed by atoms with Crippen molar-refractivity contribution >= 4 is 35.0 Å². The van der Waals surface area contributed by atoms with Gasteiger partial charge in [0, 0.05) is 43.3 Å². The van der Waals surface area contributed by atoms with Crippen molar-refractivity contribution in [1.29, 1.82) is 0 Å². The summed E-state index contributed by atoms with van der Waals surface area (Å²) in [5.74, 6) is -1.26. The van der Waals surface area contributed by atoms with E-state index in [2.05, 4.69) is 10.4 Å². The summed E-state index contributed by atoms with van der Waals surface area (Å²) in [6.45, 7) is 0.687. The standard InChI is InChI=1S/C25H23ClFN5O3/c1-30-13-15(12-28-30)2-7-23(33)31-8-9-32-22(14-31)24(34)29-21-6-3-16(10-19(21)25(32)35)18-5-4-17(26)11-20(18)27/h3-6,10-13,22H,2,7-9,14H2,1H3,(H,29,34)/t22-/m1/s1. The zero-order valence-electron chi connectivity index (χ0n) is 19.0. The van der Waals surface area contributed by atoms with Crippen LogP contribution < -0.4 is 5.32 Å². The Balaban J connectivity index is 1.34. The van der Waals surface area contributed by atoms with Crippen LogP contribution in [0.15, 0.2) is 48.8 Å². The molecular formula is C25H23ClFN5O3. The first kappa shape index (κ1) is 23.0. The van der Waals surface area contributed by atoms with Gasteiger partial charge in [0.2, 0.25) is 11.8 Å². The molecule has 1 fully saturated rings. The lowest BCUT2D eigenvalue weighted by atomic mass is 10.0. The number of halogens is 2. The molecular weight excluding hydrogens is 473 g/mol. The highest BCUT2D eigenvalue weighted by molar-refractivity contribution is 6.30. The minimum Gasteiger partial charge on any atom is -0.338 e. The van der Waals surface area contributed by atoms with Crippen LogP contribution in [0.3, 0.4) is 0 Å². The van der Waals surface area contributed by atoms with Crippen LogP contribution in [0.25, 0.3) is 11.1 Å². The number of carbonyl (C=O) groups is 3. The van der Waals surface area contributed by atoms with Crippen LogP contribution in [-0.4, -0.2) is 63.0 Å². The number of amides is 3. The molecule has 1 N–H and O–H groups in total. The molecule has 2 aromatic carbocycles. The fraction of sp³-hybridized carbons (Fsp3) is 0.280. The average molecular weight is 496 g/mol. The second kappa shape index (κ2) is 9.14. The topological polar surface area (TPSA) is 87.5 Å². The number of fused-ring (bicyclic) bond motifs is 2. The molecule has 0 saturated carbocycles. The molecule has 2 aliphatic rings. The largest absolute Gasteiger partial charge is 0.338 e. The number of aryl methyl sites for hydroxylation is 2. The van der Waals surface area contributed by atoms with Crippen LogP contribution in [0, 0.1) is 5.82 Å². The normalized spacial score (nSPS) is 17.5. The van der Waals surface area contributed by atoms with Crippen LogP contribution in [0.4, 0.5) is 10.1 Å². The third-order valence-corrected chi connectivity index (χ3v) is 6.67. The first-order valence-corrected chi connectivity index (χ1v) is 11.6. The lowest BCUT2D eigenvalue weighted by Crippen LogP contribution is -2.59. The lowest BCUT2D eigenvalue weighted by Gasteiger charge is -2.39. The molecule has 0 radical (unpaired) electrons. The minimum absolute atomic E-state index is 0.0731. The van der Waals surface area contributed by atoms with Crippen LogP contribution in [-0.2, 0) is 23.1 Å². The molecule has 3 aromatic rings. The summed E-state index contributed by atoms with van der Waals surface area (Å²) < 4.78 is 16.2. The van der Waals surface area contributed by atoms with E-state index < -0.39 is 11.9 Å². The van der Waals surface area contributed by atoms with Crippen molar-refractivity contribution in [2.45, 2.75) is 18.9 Å². The van der Waals surface area contributed by atoms with Gasteiger partial charge in [0.05, 0.1) is 24.0 Å². The summed E-state index contributed by atoms with van der Waals surface area (Å²) in [6.07, 6.45) is 4.44. The lowest BCUT2D eigenvalue weighted by molar-refractivity contribution is -0.135. The summed E-state index contributed by atoms with van der Waals surface area (Å²) >= 11 is 5.86. The molecule has 10 heteroatoms. The van der Waals surface area contributed by atoms with Crippen LogP contribution in [0.2, 0.25) is 5.02 Å². The zero-order chi connectivity index (χ0) is 24.7. The molecule has 3 amide bonds. The van der Waals surface area contributed by atoms with E-state index in [1.54, 1.807) is 46.1 Å². The first-order valence-electron chi connectivity index (χ1n) is 11.3. The smallest absolute Gasteiger partial charge is 0.256 e. The zero-order valence-corrected chi connectivity index (χ0v) is 19.8. The van der Waals surface area contributed by atoms with E-state index in [9.17, 15) is 18.8 Å². The molecule has 0 unspecified atom stereocenters. The SMILES string of the molecule is Cn1cc(CCC(=O)N2CCN3C(=O)c4cc(-c5ccc(Cl)cc5F)ccc4NC(=O)[C@H]3C2)cn1. The van der Waals surface area contributed by atoms with E-state index >= 15 is 0 Å². The van der Waals surface area contributed by atoms with Crippen LogP contribution in [0.5, 0.6) is 0 Å². The molecule has 180 valence electrons. The molecule has 1 saturated heterocycles. The summed E-state index contributed by atoms with van der Waals surface area (Å²) in [5, 5.41) is 7.20. The number of aromatic nitrogens is 2. The number of nitrogens with zero attached hydrogens (tertiary/aromatic N) is 4. The van der Waals surface area contributed by atoms with Gasteiger partial charge in [-0.3, -0.25) is 19.1 Å². The first-order chi connectivity index (χ1) is 16.8. The Kier molecular flexibility index (Phi) is 6.02. The van der Waals surface area contributed by atoms with Gasteiger partial charge in [0.15, 0.2) is 0 Å². The Morgan fingerprint density at radius 1 is 1.17 bits per heavy atom. The van der Waals surface area contributed by atoms with E-state index in [1.165, 1.54) is 11.0 Å². The Bertz CT molecular complexity index is 1340. The van der Waals surface area contributed by atoms with Crippen molar-refractivity contribution in [3.63, 3.8) is 0 Å². The minimum atomic E-state index is -0.804. The highest BCUT2D eigenvalue weighted by Gasteiger charge is 2.40. The van der Waals surface area contributed by atoms with Gasteiger partial charge in [-0.1, -0.05) is 17.7 Å². The van der Waals surface area contributed by atoms with Crippen molar-refractivity contribution < 1.29 is 18.8 Å². The van der Waals surface area contributed by atoms with Crippen LogP contribution in [0.1, 0.15) is 22.3 Å². The van der Waals surface area contributed by atoms with Gasteiger partial charge in [0.1, 0.15) is 11.9 Å². The molecule has 35 heavy (non-hydrogen) atoms.